The maximum atomic E-state index is 14.1. The van der Waals surface area contributed by atoms with E-state index in [0.29, 0.717) is 28.8 Å². The van der Waals surface area contributed by atoms with Crippen LogP contribution in [0.3, 0.4) is 0 Å². The lowest BCUT2D eigenvalue weighted by molar-refractivity contribution is -0.130. The number of para-hydroxylation sites is 1. The van der Waals surface area contributed by atoms with E-state index in [1.165, 1.54) is 4.90 Å². The van der Waals surface area contributed by atoms with E-state index in [2.05, 4.69) is 10.1 Å². The van der Waals surface area contributed by atoms with Crippen molar-refractivity contribution >= 4 is 53.0 Å². The largest absolute Gasteiger partial charge is 0.459 e. The summed E-state index contributed by atoms with van der Waals surface area (Å²) in [5.74, 6) is 0.903. The number of anilines is 1. The van der Waals surface area contributed by atoms with Gasteiger partial charge in [-0.2, -0.15) is 5.09 Å². The smallest absolute Gasteiger partial charge is 0.413 e. The number of nitrogens with one attached hydrogen (secondary N) is 1. The first-order chi connectivity index (χ1) is 19.0. The second kappa shape index (κ2) is 12.5. The number of fused-ring (bicyclic) bond motifs is 3. The third-order valence-corrected chi connectivity index (χ3v) is 8.13. The summed E-state index contributed by atoms with van der Waals surface area (Å²) in [6.07, 6.45) is -0.668. The molecule has 0 saturated carbocycles. The van der Waals surface area contributed by atoms with Gasteiger partial charge in [0.1, 0.15) is 23.7 Å². The molecule has 1 amide bonds. The second-order valence-electron chi connectivity index (χ2n) is 9.53. The van der Waals surface area contributed by atoms with Crippen LogP contribution in [0.15, 0.2) is 48.5 Å². The Morgan fingerprint density at radius 1 is 1.15 bits per heavy atom. The first kappa shape index (κ1) is 29.8. The van der Waals surface area contributed by atoms with Gasteiger partial charge in [0.05, 0.1) is 29.7 Å². The molecule has 0 unspecified atom stereocenters. The third-order valence-electron chi connectivity index (χ3n) is 6.09. The van der Waals surface area contributed by atoms with Gasteiger partial charge in [-0.15, -0.1) is 0 Å². The van der Waals surface area contributed by atoms with Gasteiger partial charge >= 0.3 is 7.75 Å². The van der Waals surface area contributed by atoms with E-state index in [1.807, 2.05) is 35.8 Å². The van der Waals surface area contributed by atoms with Crippen LogP contribution in [0, 0.1) is 0 Å². The molecule has 2 aromatic carbocycles. The first-order valence-electron chi connectivity index (χ1n) is 12.8. The van der Waals surface area contributed by atoms with Crippen LogP contribution in [0.5, 0.6) is 5.75 Å². The molecule has 11 nitrogen and oxygen atoms in total. The molecule has 0 radical (unpaired) electrons. The number of pyridine rings is 1. The van der Waals surface area contributed by atoms with Crippen molar-refractivity contribution in [2.75, 3.05) is 26.4 Å². The van der Waals surface area contributed by atoms with Crippen LogP contribution in [0.2, 0.25) is 5.02 Å². The fourth-order valence-electron chi connectivity index (χ4n) is 4.32. The van der Waals surface area contributed by atoms with E-state index < -0.39 is 19.9 Å². The minimum absolute atomic E-state index is 0.233. The molecule has 3 atom stereocenters. The fourth-order valence-corrected chi connectivity index (χ4v) is 6.13. The van der Waals surface area contributed by atoms with Crippen LogP contribution in [-0.4, -0.2) is 58.2 Å². The summed E-state index contributed by atoms with van der Waals surface area (Å²) >= 11 is 6.00. The molecule has 0 bridgehead atoms. The molecule has 13 heteroatoms. The molecule has 0 saturated heterocycles. The van der Waals surface area contributed by atoms with E-state index >= 15 is 0 Å². The van der Waals surface area contributed by atoms with Crippen molar-refractivity contribution in [1.82, 2.24) is 24.5 Å². The lowest BCUT2D eigenvalue weighted by Crippen LogP contribution is -2.41. The molecule has 0 fully saturated rings. The van der Waals surface area contributed by atoms with Gasteiger partial charge in [-0.1, -0.05) is 29.8 Å². The number of amides is 1. The normalized spacial score (nSPS) is 14.7. The molecule has 2 heterocycles. The summed E-state index contributed by atoms with van der Waals surface area (Å²) in [6, 6.07) is 13.2. The molecular formula is C27H34ClN6O5P. The first-order valence-corrected chi connectivity index (χ1v) is 14.8. The van der Waals surface area contributed by atoms with Gasteiger partial charge < -0.3 is 24.5 Å². The van der Waals surface area contributed by atoms with Crippen LogP contribution in [-0.2, 0) is 31.8 Å². The maximum absolute atomic E-state index is 14.1. The van der Waals surface area contributed by atoms with Crippen LogP contribution in [0.1, 0.15) is 26.6 Å². The third kappa shape index (κ3) is 6.74. The minimum Gasteiger partial charge on any atom is -0.413 e. The Bertz CT molecular complexity index is 1540. The molecule has 0 aliphatic carbocycles. The molecule has 0 aliphatic rings. The van der Waals surface area contributed by atoms with Crippen LogP contribution in [0.4, 0.5) is 5.82 Å². The predicted octanol–water partition coefficient (Wildman–Crippen LogP) is 5.02. The topological polar surface area (TPSA) is 134 Å². The number of benzene rings is 2. The Morgan fingerprint density at radius 3 is 2.52 bits per heavy atom. The standard InChI is InChI=1S/C27H34ClN6O5P/c1-6-37-16-23-31-24-25(21-9-7-8-10-22(21)30-26(24)29)34(23)15-17(2)38-40(36,32-18(3)27(35)33(4)5)39-20-13-11-19(28)12-14-20/h7-14,17-18H,6,15-16H2,1-5H3,(H2,29,30)(H,32,36)/t17-,18+,40+/m1/s1. The van der Waals surface area contributed by atoms with Gasteiger partial charge in [0.15, 0.2) is 5.82 Å². The highest BCUT2D eigenvalue weighted by Gasteiger charge is 2.34. The number of carbonyl (C=O) groups is 1. The number of likely N-dealkylation sites (N-methyl/N-ethyl adjacent to an activating group) is 1. The van der Waals surface area contributed by atoms with Gasteiger partial charge in [0, 0.05) is 31.1 Å². The molecule has 0 aliphatic heterocycles. The number of rotatable bonds is 12. The lowest BCUT2D eigenvalue weighted by atomic mass is 10.2. The number of halogens is 1. The van der Waals surface area contributed by atoms with Crippen molar-refractivity contribution in [2.24, 2.45) is 0 Å². The summed E-state index contributed by atoms with van der Waals surface area (Å²) in [6.45, 7) is 6.22. The van der Waals surface area contributed by atoms with Gasteiger partial charge in [-0.25, -0.2) is 14.5 Å². The minimum atomic E-state index is -4.08. The summed E-state index contributed by atoms with van der Waals surface area (Å²) in [7, 11) is -0.847. The van der Waals surface area contributed by atoms with Crippen LogP contribution < -0.4 is 15.3 Å². The van der Waals surface area contributed by atoms with Crippen LogP contribution >= 0.6 is 19.3 Å². The monoisotopic (exact) mass is 588 g/mol. The SMILES string of the molecule is CCOCc1nc2c(N)nc3ccccc3c2n1C[C@@H](C)O[P@@](=O)(N[C@@H](C)C(=O)N(C)C)Oc1ccc(Cl)cc1. The average molecular weight is 589 g/mol. The van der Waals surface area contributed by atoms with Crippen molar-refractivity contribution in [3.63, 3.8) is 0 Å². The number of ether oxygens (including phenoxy) is 1. The lowest BCUT2D eigenvalue weighted by Gasteiger charge is -2.27. The molecule has 2 aromatic heterocycles. The van der Waals surface area contributed by atoms with Gasteiger partial charge in [-0.05, 0) is 51.1 Å². The Hall–Kier alpha value is -3.21. The van der Waals surface area contributed by atoms with E-state index in [0.717, 1.165) is 16.4 Å². The van der Waals surface area contributed by atoms with Gasteiger partial charge in [0.2, 0.25) is 5.91 Å². The number of nitrogen functional groups attached to an aromatic ring is 1. The highest BCUT2D eigenvalue weighted by molar-refractivity contribution is 7.52. The average Bonchev–Trinajstić information content (AvgIpc) is 3.26. The van der Waals surface area contributed by atoms with Crippen molar-refractivity contribution in [1.29, 1.82) is 0 Å². The predicted molar refractivity (Wildman–Crippen MR) is 156 cm³/mol. The van der Waals surface area contributed by atoms with Crippen molar-refractivity contribution in [3.8, 4) is 5.75 Å². The number of carbonyl (C=O) groups excluding carboxylic acids is 1. The molecule has 214 valence electrons. The quantitative estimate of drug-likeness (QED) is 0.219. The number of nitrogens with zero attached hydrogens (tertiary/aromatic N) is 4. The second-order valence-corrected chi connectivity index (χ2v) is 11.6. The van der Waals surface area contributed by atoms with Crippen molar-refractivity contribution < 1.29 is 23.1 Å². The number of hydrogen-bond acceptors (Lipinski definition) is 8. The summed E-state index contributed by atoms with van der Waals surface area (Å²) in [5, 5.41) is 4.14. The number of imidazole rings is 1. The number of nitrogens with two attached hydrogens (primary N) is 1. The van der Waals surface area contributed by atoms with E-state index in [-0.39, 0.29) is 24.8 Å². The highest BCUT2D eigenvalue weighted by Crippen LogP contribution is 2.46. The van der Waals surface area contributed by atoms with E-state index in [4.69, 9.17) is 36.1 Å². The van der Waals surface area contributed by atoms with E-state index in [1.54, 1.807) is 52.2 Å². The highest BCUT2D eigenvalue weighted by atomic mass is 35.5. The number of aromatic nitrogens is 3. The maximum Gasteiger partial charge on any atom is 0.459 e. The van der Waals surface area contributed by atoms with Crippen molar-refractivity contribution in [3.05, 3.63) is 59.4 Å². The summed E-state index contributed by atoms with van der Waals surface area (Å²) < 4.78 is 33.6. The number of hydrogen-bond donors (Lipinski definition) is 2. The molecule has 3 N–H and O–H groups in total. The zero-order valence-electron chi connectivity index (χ0n) is 23.1. The molecule has 0 spiro atoms. The zero-order chi connectivity index (χ0) is 29.0. The Balaban J connectivity index is 1.70. The van der Waals surface area contributed by atoms with E-state index in [9.17, 15) is 9.36 Å². The van der Waals surface area contributed by atoms with Crippen LogP contribution in [0.25, 0.3) is 21.9 Å². The fraction of sp³-hybridized carbons (Fsp3) is 0.370. The Kier molecular flexibility index (Phi) is 9.33. The molecule has 4 aromatic rings. The zero-order valence-corrected chi connectivity index (χ0v) is 24.8. The van der Waals surface area contributed by atoms with Crippen molar-refractivity contribution in [2.45, 2.75) is 46.1 Å². The Labute approximate surface area is 238 Å². The molecule has 40 heavy (non-hydrogen) atoms. The summed E-state index contributed by atoms with van der Waals surface area (Å²) in [5.41, 5.74) is 8.33. The summed E-state index contributed by atoms with van der Waals surface area (Å²) in [4.78, 5) is 23.2. The molecule has 4 rings (SSSR count). The molecular weight excluding hydrogens is 555 g/mol. The van der Waals surface area contributed by atoms with Gasteiger partial charge in [0.25, 0.3) is 0 Å². The van der Waals surface area contributed by atoms with Gasteiger partial charge in [-0.3, -0.25) is 9.32 Å². The Morgan fingerprint density at radius 2 is 1.85 bits per heavy atom.